The molecule has 0 radical (unpaired) electrons. The number of anilines is 2. The summed E-state index contributed by atoms with van der Waals surface area (Å²) >= 11 is 2.23. The van der Waals surface area contributed by atoms with Gasteiger partial charge >= 0.3 is 0 Å². The highest BCUT2D eigenvalue weighted by molar-refractivity contribution is 7.18. The van der Waals surface area contributed by atoms with Crippen LogP contribution < -0.4 is 22.6 Å². The lowest BCUT2D eigenvalue weighted by atomic mass is 10.1. The number of hydrogen-bond acceptors (Lipinski definition) is 11. The summed E-state index contributed by atoms with van der Waals surface area (Å²) in [7, 11) is 0. The third kappa shape index (κ3) is 4.05. The molecule has 6 heterocycles. The van der Waals surface area contributed by atoms with E-state index in [9.17, 15) is 14.4 Å². The summed E-state index contributed by atoms with van der Waals surface area (Å²) in [5.41, 5.74) is 11.9. The minimum Gasteiger partial charge on any atom is -0.463 e. The average molecular weight is 545 g/mol. The second-order valence-corrected chi connectivity index (χ2v) is 9.96. The summed E-state index contributed by atoms with van der Waals surface area (Å²) < 4.78 is 13.5. The molecule has 0 saturated heterocycles. The maximum Gasteiger partial charge on any atom is 0.256 e. The fraction of sp³-hybridized carbons (Fsp3) is 0. The summed E-state index contributed by atoms with van der Waals surface area (Å²) in [4.78, 5) is 47.7. The van der Waals surface area contributed by atoms with Crippen molar-refractivity contribution in [2.45, 2.75) is 0 Å². The lowest BCUT2D eigenvalue weighted by Crippen LogP contribution is -2.21. The van der Waals surface area contributed by atoms with Crippen molar-refractivity contribution in [2.75, 3.05) is 11.5 Å². The lowest BCUT2D eigenvalue weighted by molar-refractivity contribution is 0.103. The van der Waals surface area contributed by atoms with Gasteiger partial charge in [-0.3, -0.25) is 23.5 Å². The molecule has 0 aliphatic rings. The summed E-state index contributed by atoms with van der Waals surface area (Å²) in [6.45, 7) is 0. The smallest absolute Gasteiger partial charge is 0.256 e. The fourth-order valence-corrected chi connectivity index (χ4v) is 5.53. The molecule has 0 bridgehead atoms. The van der Waals surface area contributed by atoms with Crippen LogP contribution in [0.2, 0.25) is 0 Å². The number of nitrogens with two attached hydrogens (primary N) is 2. The molecule has 13 heteroatoms. The van der Waals surface area contributed by atoms with E-state index < -0.39 is 16.9 Å². The van der Waals surface area contributed by atoms with Gasteiger partial charge in [0.15, 0.2) is 27.6 Å². The molecule has 38 heavy (non-hydrogen) atoms. The third-order valence-electron chi connectivity index (χ3n) is 5.56. The van der Waals surface area contributed by atoms with Crippen LogP contribution >= 0.6 is 22.7 Å². The summed E-state index contributed by atoms with van der Waals surface area (Å²) in [6, 6.07) is 12.2. The normalized spacial score (nSPS) is 11.2. The number of ketones is 1. The Morgan fingerprint density at radius 1 is 0.737 bits per heavy atom. The number of carbonyl (C=O) groups is 1. The van der Waals surface area contributed by atoms with Crippen molar-refractivity contribution < 1.29 is 13.6 Å². The number of rotatable bonds is 6. The van der Waals surface area contributed by atoms with Crippen LogP contribution in [0, 0.1) is 0 Å². The van der Waals surface area contributed by atoms with E-state index in [1.807, 2.05) is 0 Å². The van der Waals surface area contributed by atoms with Crippen molar-refractivity contribution in [3.05, 3.63) is 105 Å². The van der Waals surface area contributed by atoms with Gasteiger partial charge in [0.25, 0.3) is 11.1 Å². The van der Waals surface area contributed by atoms with E-state index in [-0.39, 0.29) is 21.4 Å². The van der Waals surface area contributed by atoms with Crippen molar-refractivity contribution >= 4 is 38.7 Å². The first kappa shape index (κ1) is 23.4. The number of furan rings is 2. The molecule has 0 aliphatic heterocycles. The van der Waals surface area contributed by atoms with Gasteiger partial charge in [-0.1, -0.05) is 22.7 Å². The molecular formula is C25H16N6O5S2. The number of pyridine rings is 2. The Labute approximate surface area is 220 Å². The van der Waals surface area contributed by atoms with Gasteiger partial charge in [0.05, 0.1) is 12.5 Å². The van der Waals surface area contributed by atoms with Gasteiger partial charge in [-0.2, -0.15) is 0 Å². The van der Waals surface area contributed by atoms with Crippen LogP contribution in [0.25, 0.3) is 32.9 Å². The molecule has 0 aliphatic carbocycles. The zero-order valence-corrected chi connectivity index (χ0v) is 20.9. The molecule has 4 N–H and O–H groups in total. The van der Waals surface area contributed by atoms with Crippen LogP contribution in [0.1, 0.15) is 15.9 Å². The van der Waals surface area contributed by atoms with E-state index >= 15 is 0 Å². The molecule has 11 nitrogen and oxygen atoms in total. The summed E-state index contributed by atoms with van der Waals surface area (Å²) in [5, 5.41) is 1.44. The maximum atomic E-state index is 13.2. The van der Waals surface area contributed by atoms with Crippen molar-refractivity contribution in [2.24, 2.45) is 0 Å². The minimum atomic E-state index is -0.483. The lowest BCUT2D eigenvalue weighted by Gasteiger charge is -2.08. The largest absolute Gasteiger partial charge is 0.463 e. The maximum absolute atomic E-state index is 13.2. The molecule has 0 atom stereocenters. The number of carbonyl (C=O) groups excluding carboxylic acids is 1. The highest BCUT2D eigenvalue weighted by atomic mass is 32.1. The van der Waals surface area contributed by atoms with Crippen molar-refractivity contribution in [3.8, 4) is 32.9 Å². The Kier molecular flexibility index (Phi) is 5.62. The van der Waals surface area contributed by atoms with E-state index in [1.165, 1.54) is 58.3 Å². The summed E-state index contributed by atoms with van der Waals surface area (Å²) in [5.74, 6) is 0.431. The van der Waals surface area contributed by atoms with Crippen LogP contribution in [0.4, 0.5) is 10.3 Å². The molecule has 0 spiro atoms. The zero-order chi connectivity index (χ0) is 26.4. The van der Waals surface area contributed by atoms with E-state index in [0.717, 1.165) is 22.7 Å². The summed E-state index contributed by atoms with van der Waals surface area (Å²) in [6.07, 6.45) is 5.92. The first-order valence-electron chi connectivity index (χ1n) is 11.0. The van der Waals surface area contributed by atoms with Crippen molar-refractivity contribution in [1.82, 2.24) is 19.1 Å². The van der Waals surface area contributed by atoms with Crippen LogP contribution in [0.3, 0.4) is 0 Å². The Balaban J connectivity index is 1.33. The number of hydrogen-bond donors (Lipinski definition) is 2. The number of nitrogen functional groups attached to an aromatic ring is 2. The van der Waals surface area contributed by atoms with Gasteiger partial charge in [-0.15, -0.1) is 0 Å². The number of aromatic nitrogens is 4. The molecule has 0 fully saturated rings. The first-order chi connectivity index (χ1) is 18.4. The molecule has 0 amide bonds. The Bertz CT molecular complexity index is 1770. The van der Waals surface area contributed by atoms with Crippen LogP contribution in [-0.4, -0.2) is 24.9 Å². The van der Waals surface area contributed by atoms with Gasteiger partial charge in [-0.05, 0) is 36.4 Å². The van der Waals surface area contributed by atoms with Crippen LogP contribution in [0.5, 0.6) is 0 Å². The van der Waals surface area contributed by atoms with Crippen LogP contribution in [-0.2, 0) is 0 Å². The van der Waals surface area contributed by atoms with Crippen molar-refractivity contribution in [1.29, 1.82) is 0 Å². The van der Waals surface area contributed by atoms with Gasteiger partial charge in [0.2, 0.25) is 0 Å². The monoisotopic (exact) mass is 544 g/mol. The number of thiazole rings is 2. The molecule has 0 aromatic carbocycles. The minimum absolute atomic E-state index is 0.124. The van der Waals surface area contributed by atoms with Gasteiger partial charge < -0.3 is 20.3 Å². The fourth-order valence-electron chi connectivity index (χ4n) is 3.87. The molecule has 0 saturated carbocycles. The average Bonchev–Trinajstić information content (AvgIpc) is 3.70. The Morgan fingerprint density at radius 2 is 1.18 bits per heavy atom. The van der Waals surface area contributed by atoms with E-state index in [2.05, 4.69) is 9.97 Å². The predicted molar refractivity (Wildman–Crippen MR) is 143 cm³/mol. The van der Waals surface area contributed by atoms with Crippen molar-refractivity contribution in [3.63, 3.8) is 0 Å². The molecule has 0 unspecified atom stereocenters. The van der Waals surface area contributed by atoms with E-state index in [4.69, 9.17) is 20.3 Å². The highest BCUT2D eigenvalue weighted by Crippen LogP contribution is 2.33. The zero-order valence-electron chi connectivity index (χ0n) is 19.2. The van der Waals surface area contributed by atoms with Gasteiger partial charge in [-0.25, -0.2) is 9.97 Å². The molecule has 6 aromatic rings. The van der Waals surface area contributed by atoms with E-state index in [1.54, 1.807) is 24.3 Å². The second-order valence-electron chi connectivity index (χ2n) is 7.94. The molecule has 6 rings (SSSR count). The molecule has 6 aromatic heterocycles. The quantitative estimate of drug-likeness (QED) is 0.296. The highest BCUT2D eigenvalue weighted by Gasteiger charge is 2.20. The SMILES string of the molecule is Nc1nc(-c2ccco2)c(-n2ccc(C(=O)c3ccn(-c4sc(N)nc4-c4ccco4)c(=O)c3)cc2=O)s1. The van der Waals surface area contributed by atoms with E-state index in [0.29, 0.717) is 32.9 Å². The standard InChI is InChI=1S/C25H16N6O5S2/c26-24-28-19(15-3-1-9-35-15)22(37-24)30-7-5-13(11-17(30)32)21(34)14-6-8-31(18(33)12-14)23-20(29-25(27)38-23)16-4-2-10-36-16/h1-12H,(H2,26,28)(H2,27,29). The first-order valence-corrected chi connectivity index (χ1v) is 12.6. The van der Waals surface area contributed by atoms with Crippen LogP contribution in [0.15, 0.2) is 91.9 Å². The Hall–Kier alpha value is -5.01. The molecule has 188 valence electrons. The third-order valence-corrected chi connectivity index (χ3v) is 7.33. The molecular weight excluding hydrogens is 528 g/mol. The predicted octanol–water partition coefficient (Wildman–Crippen LogP) is 3.82. The topological polar surface area (TPSA) is 165 Å². The second kappa shape index (κ2) is 9.14. The van der Waals surface area contributed by atoms with Gasteiger partial charge in [0, 0.05) is 35.7 Å². The Morgan fingerprint density at radius 3 is 1.55 bits per heavy atom. The van der Waals surface area contributed by atoms with Gasteiger partial charge in [0.1, 0.15) is 21.4 Å². The number of nitrogens with zero attached hydrogens (tertiary/aromatic N) is 4.